The Balaban J connectivity index is 1.86. The van der Waals surface area contributed by atoms with Crippen LogP contribution in [0.1, 0.15) is 6.42 Å². The van der Waals surface area contributed by atoms with E-state index >= 15 is 0 Å². The van der Waals surface area contributed by atoms with Gasteiger partial charge in [-0.3, -0.25) is 4.90 Å². The van der Waals surface area contributed by atoms with E-state index in [0.717, 1.165) is 19.5 Å². The lowest BCUT2D eigenvalue weighted by molar-refractivity contribution is 0.0394. The van der Waals surface area contributed by atoms with Crippen LogP contribution in [0.25, 0.3) is 0 Å². The average molecular weight is 315 g/mol. The van der Waals surface area contributed by atoms with Gasteiger partial charge in [0.15, 0.2) is 0 Å². The van der Waals surface area contributed by atoms with E-state index < -0.39 is 5.50 Å². The van der Waals surface area contributed by atoms with E-state index in [1.165, 1.54) is 0 Å². The van der Waals surface area contributed by atoms with Crippen LogP contribution in [-0.4, -0.2) is 55.6 Å². The Morgan fingerprint density at radius 3 is 2.80 bits per heavy atom. The molecule has 20 heavy (non-hydrogen) atoms. The smallest absolute Gasteiger partial charge is 0.121 e. The maximum absolute atomic E-state index is 10.2. The molecule has 3 N–H and O–H groups in total. The molecule has 1 aliphatic heterocycles. The number of aliphatic hydroxyl groups is 1. The minimum atomic E-state index is -1.43. The van der Waals surface area contributed by atoms with Gasteiger partial charge < -0.3 is 15.6 Å². The van der Waals surface area contributed by atoms with Gasteiger partial charge in [-0.1, -0.05) is 23.2 Å². The van der Waals surface area contributed by atoms with Crippen molar-refractivity contribution in [3.8, 4) is 5.75 Å². The highest BCUT2D eigenvalue weighted by atomic mass is 35.5. The third kappa shape index (κ3) is 4.53. The Bertz CT molecular complexity index is 474. The van der Waals surface area contributed by atoms with Crippen molar-refractivity contribution in [3.63, 3.8) is 0 Å². The van der Waals surface area contributed by atoms with Crippen LogP contribution in [0, 0.1) is 0 Å². The van der Waals surface area contributed by atoms with E-state index in [0.29, 0.717) is 22.3 Å². The third-order valence-corrected chi connectivity index (χ3v) is 3.93. The fraction of sp³-hybridized carbons (Fsp3) is 0.538. The number of likely N-dealkylation sites (tertiary alicyclic amines) is 1. The quantitative estimate of drug-likeness (QED) is 0.803. The molecule has 4 nitrogen and oxygen atoms in total. The van der Waals surface area contributed by atoms with E-state index in [9.17, 15) is 5.11 Å². The summed E-state index contributed by atoms with van der Waals surface area (Å²) in [5.74, 6) is 0.515. The van der Waals surface area contributed by atoms with Crippen molar-refractivity contribution in [2.45, 2.75) is 18.0 Å². The Morgan fingerprint density at radius 1 is 1.45 bits per heavy atom. The summed E-state index contributed by atoms with van der Waals surface area (Å²) in [5.41, 5.74) is 4.38. The number of β-amino-alcohol motifs (C(OH)–C–C–N with tert-alkyl or cyclic N) is 1. The predicted octanol–water partition coefficient (Wildman–Crippen LogP) is 1.26. The number of halogens is 2. The molecule has 1 aromatic carbocycles. The van der Waals surface area contributed by atoms with Crippen molar-refractivity contribution in [2.24, 2.45) is 5.73 Å². The molecule has 0 bridgehead atoms. The van der Waals surface area contributed by atoms with Crippen LogP contribution in [0.4, 0.5) is 0 Å². The van der Waals surface area contributed by atoms with Crippen molar-refractivity contribution in [1.82, 2.24) is 4.90 Å². The maximum Gasteiger partial charge on any atom is 0.121 e. The zero-order chi connectivity index (χ0) is 14.8. The number of hydrogen-bond donors (Lipinski definition) is 2. The molecule has 1 heterocycles. The van der Waals surface area contributed by atoms with Crippen LogP contribution in [0.5, 0.6) is 5.75 Å². The van der Waals surface area contributed by atoms with Gasteiger partial charge in [0.05, 0.1) is 15.5 Å². The molecule has 2 rings (SSSR count). The van der Waals surface area contributed by atoms with E-state index in [-0.39, 0.29) is 12.6 Å². The summed E-state index contributed by atoms with van der Waals surface area (Å²) in [7, 11) is 5.85. The number of hydrogen-bond acceptors (Lipinski definition) is 4. The van der Waals surface area contributed by atoms with Gasteiger partial charge in [-0.25, -0.2) is 0 Å². The molecule has 7 heteroatoms. The molecule has 0 saturated carbocycles. The first-order chi connectivity index (χ1) is 9.35. The van der Waals surface area contributed by atoms with Gasteiger partial charge >= 0.3 is 0 Å². The second-order valence-corrected chi connectivity index (χ2v) is 6.07. The summed E-state index contributed by atoms with van der Waals surface area (Å²) in [6.45, 7) is 1.87. The van der Waals surface area contributed by atoms with E-state index in [2.05, 4.69) is 0 Å². The first-order valence-corrected chi connectivity index (χ1v) is 7.18. The van der Waals surface area contributed by atoms with Crippen LogP contribution in [-0.2, 0) is 0 Å². The molecule has 2 radical (unpaired) electrons. The molecule has 0 spiro atoms. The summed E-state index contributed by atoms with van der Waals surface area (Å²) in [4.78, 5) is 2.03. The van der Waals surface area contributed by atoms with Crippen molar-refractivity contribution < 1.29 is 9.84 Å². The predicted molar refractivity (Wildman–Crippen MR) is 81.7 cm³/mol. The topological polar surface area (TPSA) is 58.7 Å². The highest BCUT2D eigenvalue weighted by Crippen LogP contribution is 2.26. The highest BCUT2D eigenvalue weighted by Gasteiger charge is 2.28. The van der Waals surface area contributed by atoms with Crippen molar-refractivity contribution >= 4 is 31.0 Å². The lowest BCUT2D eigenvalue weighted by atomic mass is 9.82. The number of benzene rings is 1. The normalized spacial score (nSPS) is 22.7. The van der Waals surface area contributed by atoms with Gasteiger partial charge in [-0.2, -0.15) is 0 Å². The van der Waals surface area contributed by atoms with E-state index in [1.807, 2.05) is 4.90 Å². The van der Waals surface area contributed by atoms with Crippen molar-refractivity contribution in [3.05, 3.63) is 28.2 Å². The third-order valence-electron chi connectivity index (χ3n) is 3.19. The molecular formula is C13H17BCl2N2O2. The molecule has 0 amide bonds. The minimum absolute atomic E-state index is 0.0311. The molecule has 1 unspecified atom stereocenters. The summed E-state index contributed by atoms with van der Waals surface area (Å²) < 4.78 is 5.47. The summed E-state index contributed by atoms with van der Waals surface area (Å²) in [6.07, 6.45) is 0.920. The fourth-order valence-electron chi connectivity index (χ4n) is 2.21. The first-order valence-electron chi connectivity index (χ1n) is 6.43. The zero-order valence-corrected chi connectivity index (χ0v) is 12.6. The Labute approximate surface area is 130 Å². The number of rotatable bonds is 5. The largest absolute Gasteiger partial charge is 0.491 e. The van der Waals surface area contributed by atoms with Crippen molar-refractivity contribution in [1.29, 1.82) is 0 Å². The second-order valence-electron chi connectivity index (χ2n) is 5.25. The SMILES string of the molecule is [B][C@](O)(COc1ccc(Cl)c(Cl)c1)CN1CCC(N)C1. The summed E-state index contributed by atoms with van der Waals surface area (Å²) >= 11 is 11.7. The highest BCUT2D eigenvalue weighted by molar-refractivity contribution is 6.42. The van der Waals surface area contributed by atoms with Gasteiger partial charge in [0.1, 0.15) is 20.2 Å². The second kappa shape index (κ2) is 6.54. The standard InChI is InChI=1S/C13H17BCl2N2O2/c14-13(19,7-18-4-3-9(17)6-18)8-20-10-1-2-11(15)12(16)5-10/h1-2,5,9,19H,3-4,6-8,17H2/t9?,13-/m1/s1. The van der Waals surface area contributed by atoms with Crippen molar-refractivity contribution in [2.75, 3.05) is 26.2 Å². The Morgan fingerprint density at radius 2 is 2.20 bits per heavy atom. The Kier molecular flexibility index (Phi) is 5.21. The zero-order valence-electron chi connectivity index (χ0n) is 11.1. The van der Waals surface area contributed by atoms with E-state index in [4.69, 9.17) is 41.5 Å². The summed E-state index contributed by atoms with van der Waals surface area (Å²) in [6, 6.07) is 5.05. The van der Waals surface area contributed by atoms with Gasteiger partial charge in [0, 0.05) is 25.2 Å². The van der Waals surface area contributed by atoms with Crippen LogP contribution in [0.2, 0.25) is 10.0 Å². The molecule has 0 aromatic heterocycles. The molecule has 1 aliphatic rings. The number of ether oxygens (including phenoxy) is 1. The van der Waals surface area contributed by atoms with Gasteiger partial charge in [-0.15, -0.1) is 0 Å². The lowest BCUT2D eigenvalue weighted by Crippen LogP contribution is -2.47. The van der Waals surface area contributed by atoms with Crippen LogP contribution < -0.4 is 10.5 Å². The molecule has 2 atom stereocenters. The first kappa shape index (κ1) is 15.9. The van der Waals surface area contributed by atoms with Crippen LogP contribution in [0.15, 0.2) is 18.2 Å². The molecular weight excluding hydrogens is 298 g/mol. The maximum atomic E-state index is 10.2. The lowest BCUT2D eigenvalue weighted by Gasteiger charge is -2.29. The number of nitrogens with two attached hydrogens (primary N) is 1. The van der Waals surface area contributed by atoms with E-state index in [1.54, 1.807) is 18.2 Å². The molecule has 1 aromatic rings. The van der Waals surface area contributed by atoms with Crippen LogP contribution >= 0.6 is 23.2 Å². The molecule has 1 fully saturated rings. The molecule has 1 saturated heterocycles. The average Bonchev–Trinajstić information content (AvgIpc) is 2.76. The van der Waals surface area contributed by atoms with Gasteiger partial charge in [0.2, 0.25) is 0 Å². The summed E-state index contributed by atoms with van der Waals surface area (Å²) in [5, 5.41) is 11.0. The molecule has 108 valence electrons. The number of nitrogens with zero attached hydrogens (tertiary/aromatic N) is 1. The van der Waals surface area contributed by atoms with Crippen LogP contribution in [0.3, 0.4) is 0 Å². The van der Waals surface area contributed by atoms with Gasteiger partial charge in [0.25, 0.3) is 0 Å². The fourth-order valence-corrected chi connectivity index (χ4v) is 2.50. The molecule has 0 aliphatic carbocycles. The Hall–Kier alpha value is -0.455. The minimum Gasteiger partial charge on any atom is -0.491 e. The van der Waals surface area contributed by atoms with Gasteiger partial charge in [-0.05, 0) is 25.1 Å². The monoisotopic (exact) mass is 314 g/mol.